The van der Waals surface area contributed by atoms with Crippen LogP contribution < -0.4 is 0 Å². The molecule has 0 N–H and O–H groups in total. The van der Waals surface area contributed by atoms with Gasteiger partial charge in [0.15, 0.2) is 0 Å². The molecule has 0 aromatic carbocycles. The van der Waals surface area contributed by atoms with Gasteiger partial charge in [-0.3, -0.25) is 9.46 Å². The van der Waals surface area contributed by atoms with Gasteiger partial charge in [-0.2, -0.15) is 0 Å². The molecule has 0 aromatic heterocycles. The molecule has 0 bridgehead atoms. The van der Waals surface area contributed by atoms with Crippen LogP contribution in [-0.2, 0) is 13.6 Å². The summed E-state index contributed by atoms with van der Waals surface area (Å²) < 4.78 is 22.3. The van der Waals surface area contributed by atoms with E-state index in [4.69, 9.17) is 9.05 Å². The number of rotatable bonds is 5. The predicted molar refractivity (Wildman–Crippen MR) is 61.0 cm³/mol. The van der Waals surface area contributed by atoms with Crippen LogP contribution in [0.1, 0.15) is 19.3 Å². The second-order valence-electron chi connectivity index (χ2n) is 3.65. The summed E-state index contributed by atoms with van der Waals surface area (Å²) in [6, 6.07) is 0. The van der Waals surface area contributed by atoms with E-state index in [9.17, 15) is 4.57 Å². The van der Waals surface area contributed by atoms with Gasteiger partial charge in [0.2, 0.25) is 0 Å². The van der Waals surface area contributed by atoms with Gasteiger partial charge < -0.3 is 9.05 Å². The van der Waals surface area contributed by atoms with Crippen LogP contribution in [0.25, 0.3) is 0 Å². The maximum atomic E-state index is 12.2. The van der Waals surface area contributed by atoms with Crippen LogP contribution in [0, 0.1) is 0 Å². The largest absolute Gasteiger partial charge is 0.351 e. The van der Waals surface area contributed by atoms with Crippen LogP contribution in [0.4, 0.5) is 0 Å². The monoisotopic (exact) mass is 233 g/mol. The Balaban J connectivity index is 2.76. The van der Waals surface area contributed by atoms with E-state index in [0.717, 1.165) is 25.9 Å². The highest BCUT2D eigenvalue weighted by atomic mass is 31.2. The Labute approximate surface area is 91.8 Å². The van der Waals surface area contributed by atoms with E-state index in [0.29, 0.717) is 0 Å². The molecule has 4 nitrogen and oxygen atoms in total. The summed E-state index contributed by atoms with van der Waals surface area (Å²) in [6.07, 6.45) is 5.18. The summed E-state index contributed by atoms with van der Waals surface area (Å²) in [7, 11) is -0.209. The standard InChI is InChI=1S/C10H20NO3P/c1-4-10(15(12,13-2)14-3)11-8-6-5-7-9-11/h4,10H,1,5-9H2,2-3H3. The van der Waals surface area contributed by atoms with Gasteiger partial charge in [0.25, 0.3) is 0 Å². The van der Waals surface area contributed by atoms with E-state index in [1.807, 2.05) is 0 Å². The summed E-state index contributed by atoms with van der Waals surface area (Å²) in [5, 5.41) is 0. The van der Waals surface area contributed by atoms with Crippen molar-refractivity contribution < 1.29 is 13.6 Å². The molecule has 1 fully saturated rings. The summed E-state index contributed by atoms with van der Waals surface area (Å²) in [6.45, 7) is 5.60. The first-order valence-corrected chi connectivity index (χ1v) is 6.87. The average molecular weight is 233 g/mol. The van der Waals surface area contributed by atoms with Gasteiger partial charge in [-0.05, 0) is 25.9 Å². The summed E-state index contributed by atoms with van der Waals surface area (Å²) in [5.41, 5.74) is 0. The number of likely N-dealkylation sites (tertiary alicyclic amines) is 1. The number of hydrogen-bond donors (Lipinski definition) is 0. The van der Waals surface area contributed by atoms with Gasteiger partial charge in [-0.15, -0.1) is 6.58 Å². The predicted octanol–water partition coefficient (Wildman–Crippen LogP) is 2.47. The van der Waals surface area contributed by atoms with Crippen molar-refractivity contribution in [2.24, 2.45) is 0 Å². The van der Waals surface area contributed by atoms with Crippen LogP contribution in [0.5, 0.6) is 0 Å². The fourth-order valence-corrected chi connectivity index (χ4v) is 3.42. The van der Waals surface area contributed by atoms with Crippen molar-refractivity contribution in [2.45, 2.75) is 25.0 Å². The van der Waals surface area contributed by atoms with Crippen molar-refractivity contribution in [1.82, 2.24) is 4.90 Å². The molecular weight excluding hydrogens is 213 g/mol. The van der Waals surface area contributed by atoms with E-state index >= 15 is 0 Å². The molecule has 0 saturated carbocycles. The van der Waals surface area contributed by atoms with E-state index in [-0.39, 0.29) is 5.78 Å². The lowest BCUT2D eigenvalue weighted by Gasteiger charge is -2.35. The third-order valence-electron chi connectivity index (χ3n) is 2.81. The van der Waals surface area contributed by atoms with Crippen molar-refractivity contribution in [2.75, 3.05) is 27.3 Å². The SMILES string of the molecule is C=CC(N1CCCCC1)P(=O)(OC)OC. The minimum atomic E-state index is -3.05. The number of nitrogens with zero attached hydrogens (tertiary/aromatic N) is 1. The van der Waals surface area contributed by atoms with Gasteiger partial charge in [-0.25, -0.2) is 0 Å². The van der Waals surface area contributed by atoms with E-state index < -0.39 is 7.60 Å². The third kappa shape index (κ3) is 2.91. The normalized spacial score (nSPS) is 21.2. The molecule has 88 valence electrons. The van der Waals surface area contributed by atoms with Crippen LogP contribution in [0.3, 0.4) is 0 Å². The fourth-order valence-electron chi connectivity index (χ4n) is 1.95. The van der Waals surface area contributed by atoms with Crippen molar-refractivity contribution in [3.63, 3.8) is 0 Å². The summed E-state index contributed by atoms with van der Waals surface area (Å²) in [5.74, 6) is -0.312. The third-order valence-corrected chi connectivity index (χ3v) is 5.01. The Morgan fingerprint density at radius 3 is 2.20 bits per heavy atom. The van der Waals surface area contributed by atoms with Crippen molar-refractivity contribution in [3.8, 4) is 0 Å². The Morgan fingerprint density at radius 1 is 1.27 bits per heavy atom. The highest BCUT2D eigenvalue weighted by Gasteiger charge is 2.36. The van der Waals surface area contributed by atoms with Crippen molar-refractivity contribution in [3.05, 3.63) is 12.7 Å². The molecular formula is C10H20NO3P. The Hall–Kier alpha value is -0.150. The first-order valence-electron chi connectivity index (χ1n) is 5.25. The highest BCUT2D eigenvalue weighted by molar-refractivity contribution is 7.54. The van der Waals surface area contributed by atoms with Crippen LogP contribution in [-0.4, -0.2) is 38.0 Å². The van der Waals surface area contributed by atoms with Gasteiger partial charge in [-0.1, -0.05) is 12.5 Å². The molecule has 0 aromatic rings. The van der Waals surface area contributed by atoms with Gasteiger partial charge >= 0.3 is 7.60 Å². The number of hydrogen-bond acceptors (Lipinski definition) is 4. The molecule has 1 saturated heterocycles. The minimum Gasteiger partial charge on any atom is -0.311 e. The summed E-state index contributed by atoms with van der Waals surface area (Å²) >= 11 is 0. The first kappa shape index (κ1) is 12.9. The molecule has 1 atom stereocenters. The molecule has 1 aliphatic rings. The average Bonchev–Trinajstić information content (AvgIpc) is 2.31. The maximum absolute atomic E-state index is 12.2. The fraction of sp³-hybridized carbons (Fsp3) is 0.800. The quantitative estimate of drug-likeness (QED) is 0.540. The first-order chi connectivity index (χ1) is 7.18. The zero-order valence-electron chi connectivity index (χ0n) is 9.52. The molecule has 0 radical (unpaired) electrons. The topological polar surface area (TPSA) is 38.8 Å². The maximum Gasteiger partial charge on any atom is 0.351 e. The van der Waals surface area contributed by atoms with Crippen LogP contribution >= 0.6 is 7.60 Å². The van der Waals surface area contributed by atoms with E-state index in [1.54, 1.807) is 6.08 Å². The van der Waals surface area contributed by atoms with Gasteiger partial charge in [0.1, 0.15) is 5.78 Å². The lowest BCUT2D eigenvalue weighted by Crippen LogP contribution is -2.38. The molecule has 5 heteroatoms. The molecule has 1 aliphatic heterocycles. The molecule has 1 rings (SSSR count). The summed E-state index contributed by atoms with van der Waals surface area (Å²) in [4.78, 5) is 2.13. The zero-order chi connectivity index (χ0) is 11.3. The Morgan fingerprint density at radius 2 is 1.80 bits per heavy atom. The minimum absolute atomic E-state index is 0.312. The van der Waals surface area contributed by atoms with Crippen LogP contribution in [0.15, 0.2) is 12.7 Å². The molecule has 15 heavy (non-hydrogen) atoms. The molecule has 1 heterocycles. The smallest absolute Gasteiger partial charge is 0.311 e. The molecule has 1 unspecified atom stereocenters. The molecule has 0 spiro atoms. The lowest BCUT2D eigenvalue weighted by atomic mass is 10.1. The van der Waals surface area contributed by atoms with Gasteiger partial charge in [0, 0.05) is 14.2 Å². The number of piperidine rings is 1. The second kappa shape index (κ2) is 5.80. The van der Waals surface area contributed by atoms with E-state index in [1.165, 1.54) is 20.6 Å². The molecule has 0 aliphatic carbocycles. The molecule has 0 amide bonds. The lowest BCUT2D eigenvalue weighted by molar-refractivity contribution is 0.185. The highest BCUT2D eigenvalue weighted by Crippen LogP contribution is 2.53. The zero-order valence-corrected chi connectivity index (χ0v) is 10.4. The van der Waals surface area contributed by atoms with Gasteiger partial charge in [0.05, 0.1) is 0 Å². The Kier molecular flexibility index (Phi) is 5.00. The Bertz CT molecular complexity index is 243. The second-order valence-corrected chi connectivity index (χ2v) is 5.99. The van der Waals surface area contributed by atoms with Crippen molar-refractivity contribution in [1.29, 1.82) is 0 Å². The van der Waals surface area contributed by atoms with Crippen LogP contribution in [0.2, 0.25) is 0 Å². The van der Waals surface area contributed by atoms with Crippen molar-refractivity contribution >= 4 is 7.60 Å². The van der Waals surface area contributed by atoms with E-state index in [2.05, 4.69) is 11.5 Å².